The SMILES string of the molecule is CCCCCCCCCCCOc1ccc(/C=C/C(=O)OCCCCCC)cc1. The van der Waals surface area contributed by atoms with E-state index in [-0.39, 0.29) is 5.97 Å². The van der Waals surface area contributed by atoms with Gasteiger partial charge in [-0.2, -0.15) is 0 Å². The van der Waals surface area contributed by atoms with Gasteiger partial charge in [-0.05, 0) is 36.6 Å². The first-order valence-electron chi connectivity index (χ1n) is 11.8. The van der Waals surface area contributed by atoms with Crippen LogP contribution < -0.4 is 4.74 Å². The van der Waals surface area contributed by atoms with Crippen LogP contribution in [0.3, 0.4) is 0 Å². The summed E-state index contributed by atoms with van der Waals surface area (Å²) in [5, 5.41) is 0. The van der Waals surface area contributed by atoms with Crippen LogP contribution in [0.2, 0.25) is 0 Å². The standard InChI is InChI=1S/C26H42O3/c1-3-5-7-9-10-11-12-13-15-22-28-25-19-16-24(17-20-25)18-21-26(27)29-23-14-8-6-4-2/h16-21H,3-15,22-23H2,1-2H3/b21-18+. The molecule has 1 rings (SSSR count). The molecular weight excluding hydrogens is 360 g/mol. The molecule has 0 aliphatic heterocycles. The zero-order valence-electron chi connectivity index (χ0n) is 18.8. The van der Waals surface area contributed by atoms with Crippen molar-refractivity contribution in [2.75, 3.05) is 13.2 Å². The molecule has 0 saturated heterocycles. The van der Waals surface area contributed by atoms with Gasteiger partial charge in [0.1, 0.15) is 5.75 Å². The van der Waals surface area contributed by atoms with Gasteiger partial charge < -0.3 is 9.47 Å². The quantitative estimate of drug-likeness (QED) is 0.143. The van der Waals surface area contributed by atoms with Gasteiger partial charge in [0, 0.05) is 6.08 Å². The number of hydrogen-bond acceptors (Lipinski definition) is 3. The highest BCUT2D eigenvalue weighted by atomic mass is 16.5. The fourth-order valence-corrected chi connectivity index (χ4v) is 3.19. The maximum Gasteiger partial charge on any atom is 0.330 e. The van der Waals surface area contributed by atoms with Gasteiger partial charge in [0.15, 0.2) is 0 Å². The molecule has 0 aromatic heterocycles. The van der Waals surface area contributed by atoms with Crippen LogP contribution in [0.15, 0.2) is 30.3 Å². The molecule has 0 atom stereocenters. The summed E-state index contributed by atoms with van der Waals surface area (Å²) in [6, 6.07) is 7.86. The van der Waals surface area contributed by atoms with Crippen LogP contribution in [0.1, 0.15) is 103 Å². The third kappa shape index (κ3) is 14.8. The number of hydrogen-bond donors (Lipinski definition) is 0. The normalized spacial score (nSPS) is 11.1. The Morgan fingerprint density at radius 1 is 0.724 bits per heavy atom. The Morgan fingerprint density at radius 2 is 1.24 bits per heavy atom. The average molecular weight is 403 g/mol. The van der Waals surface area contributed by atoms with Gasteiger partial charge in [-0.1, -0.05) is 96.6 Å². The van der Waals surface area contributed by atoms with E-state index in [2.05, 4.69) is 13.8 Å². The fraction of sp³-hybridized carbons (Fsp3) is 0.654. The minimum atomic E-state index is -0.271. The minimum Gasteiger partial charge on any atom is -0.494 e. The summed E-state index contributed by atoms with van der Waals surface area (Å²) in [7, 11) is 0. The number of carbonyl (C=O) groups is 1. The Balaban J connectivity index is 2.09. The van der Waals surface area contributed by atoms with Crippen molar-refractivity contribution in [1.29, 1.82) is 0 Å². The van der Waals surface area contributed by atoms with Crippen LogP contribution in [0, 0.1) is 0 Å². The Kier molecular flexibility index (Phi) is 15.9. The topological polar surface area (TPSA) is 35.5 Å². The Morgan fingerprint density at radius 3 is 1.86 bits per heavy atom. The second-order valence-electron chi connectivity index (χ2n) is 7.81. The van der Waals surface area contributed by atoms with Crippen molar-refractivity contribution in [2.45, 2.75) is 97.3 Å². The van der Waals surface area contributed by atoms with Gasteiger partial charge >= 0.3 is 5.97 Å². The van der Waals surface area contributed by atoms with E-state index in [9.17, 15) is 4.79 Å². The van der Waals surface area contributed by atoms with E-state index in [4.69, 9.17) is 9.47 Å². The number of rotatable bonds is 18. The number of ether oxygens (including phenoxy) is 2. The molecule has 3 heteroatoms. The van der Waals surface area contributed by atoms with Crippen molar-refractivity contribution >= 4 is 12.0 Å². The van der Waals surface area contributed by atoms with Crippen molar-refractivity contribution < 1.29 is 14.3 Å². The molecule has 164 valence electrons. The largest absolute Gasteiger partial charge is 0.494 e. The summed E-state index contributed by atoms with van der Waals surface area (Å²) in [4.78, 5) is 11.7. The number of unbranched alkanes of at least 4 members (excludes halogenated alkanes) is 11. The van der Waals surface area contributed by atoms with Crippen molar-refractivity contribution in [3.8, 4) is 5.75 Å². The fourth-order valence-electron chi connectivity index (χ4n) is 3.19. The Bertz CT molecular complexity index is 533. The van der Waals surface area contributed by atoms with Crippen LogP contribution in [0.25, 0.3) is 6.08 Å². The first-order chi connectivity index (χ1) is 14.3. The first kappa shape index (κ1) is 25.3. The van der Waals surface area contributed by atoms with Crippen molar-refractivity contribution in [3.05, 3.63) is 35.9 Å². The molecule has 0 fully saturated rings. The van der Waals surface area contributed by atoms with E-state index < -0.39 is 0 Å². The summed E-state index contributed by atoms with van der Waals surface area (Å²) in [5.74, 6) is 0.618. The molecule has 0 spiro atoms. The summed E-state index contributed by atoms with van der Waals surface area (Å²) in [6.07, 6.45) is 19.6. The van der Waals surface area contributed by atoms with Gasteiger partial charge in [0.05, 0.1) is 13.2 Å². The molecule has 0 aliphatic rings. The van der Waals surface area contributed by atoms with Gasteiger partial charge in [-0.15, -0.1) is 0 Å². The molecule has 1 aromatic carbocycles. The second kappa shape index (κ2) is 18.3. The Hall–Kier alpha value is -1.77. The highest BCUT2D eigenvalue weighted by Gasteiger charge is 1.98. The minimum absolute atomic E-state index is 0.271. The number of benzene rings is 1. The highest BCUT2D eigenvalue weighted by Crippen LogP contribution is 2.15. The molecule has 0 bridgehead atoms. The smallest absolute Gasteiger partial charge is 0.330 e. The molecule has 0 amide bonds. The predicted octanol–water partition coefficient (Wildman–Crippen LogP) is 7.73. The van der Waals surface area contributed by atoms with Gasteiger partial charge in [-0.3, -0.25) is 0 Å². The van der Waals surface area contributed by atoms with E-state index in [0.29, 0.717) is 6.61 Å². The molecule has 1 aromatic rings. The van der Waals surface area contributed by atoms with Crippen molar-refractivity contribution in [2.24, 2.45) is 0 Å². The summed E-state index contributed by atoms with van der Waals surface area (Å²) >= 11 is 0. The lowest BCUT2D eigenvalue weighted by Gasteiger charge is -2.06. The van der Waals surface area contributed by atoms with E-state index >= 15 is 0 Å². The molecule has 0 saturated carbocycles. The van der Waals surface area contributed by atoms with Crippen LogP contribution >= 0.6 is 0 Å². The Labute approximate surface area is 178 Å². The van der Waals surface area contributed by atoms with Crippen LogP contribution in [0.4, 0.5) is 0 Å². The van der Waals surface area contributed by atoms with Crippen LogP contribution in [0.5, 0.6) is 5.75 Å². The summed E-state index contributed by atoms with van der Waals surface area (Å²) in [6.45, 7) is 5.71. The lowest BCUT2D eigenvalue weighted by atomic mass is 10.1. The highest BCUT2D eigenvalue weighted by molar-refractivity contribution is 5.87. The molecule has 0 aliphatic carbocycles. The van der Waals surface area contributed by atoms with E-state index in [1.165, 1.54) is 70.3 Å². The van der Waals surface area contributed by atoms with Crippen LogP contribution in [-0.2, 0) is 9.53 Å². The molecule has 0 radical (unpaired) electrons. The van der Waals surface area contributed by atoms with Gasteiger partial charge in [0.25, 0.3) is 0 Å². The second-order valence-corrected chi connectivity index (χ2v) is 7.81. The lowest BCUT2D eigenvalue weighted by molar-refractivity contribution is -0.137. The predicted molar refractivity (Wildman–Crippen MR) is 123 cm³/mol. The van der Waals surface area contributed by atoms with Gasteiger partial charge in [-0.25, -0.2) is 4.79 Å². The average Bonchev–Trinajstić information content (AvgIpc) is 2.74. The lowest BCUT2D eigenvalue weighted by Crippen LogP contribution is -2.02. The van der Waals surface area contributed by atoms with Crippen molar-refractivity contribution in [1.82, 2.24) is 0 Å². The van der Waals surface area contributed by atoms with E-state index in [1.54, 1.807) is 6.08 Å². The number of carbonyl (C=O) groups excluding carboxylic acids is 1. The van der Waals surface area contributed by atoms with E-state index in [1.807, 2.05) is 24.3 Å². The maximum absolute atomic E-state index is 11.7. The van der Waals surface area contributed by atoms with Crippen molar-refractivity contribution in [3.63, 3.8) is 0 Å². The third-order valence-corrected chi connectivity index (χ3v) is 5.05. The molecule has 29 heavy (non-hydrogen) atoms. The third-order valence-electron chi connectivity index (χ3n) is 5.05. The summed E-state index contributed by atoms with van der Waals surface area (Å²) < 4.78 is 11.0. The molecular formula is C26H42O3. The zero-order valence-corrected chi connectivity index (χ0v) is 18.8. The van der Waals surface area contributed by atoms with E-state index in [0.717, 1.165) is 37.2 Å². The monoisotopic (exact) mass is 402 g/mol. The number of esters is 1. The van der Waals surface area contributed by atoms with Gasteiger partial charge in [0.2, 0.25) is 0 Å². The maximum atomic E-state index is 11.7. The first-order valence-corrected chi connectivity index (χ1v) is 11.8. The molecule has 0 unspecified atom stereocenters. The van der Waals surface area contributed by atoms with Crippen LogP contribution in [-0.4, -0.2) is 19.2 Å². The molecule has 3 nitrogen and oxygen atoms in total. The molecule has 0 heterocycles. The molecule has 0 N–H and O–H groups in total. The summed E-state index contributed by atoms with van der Waals surface area (Å²) in [5.41, 5.74) is 0.975. The zero-order chi connectivity index (χ0) is 21.0.